The Labute approximate surface area is 174 Å². The largest absolute Gasteiger partial charge is 0.368 e. The molecule has 1 fully saturated rings. The van der Waals surface area contributed by atoms with Crippen LogP contribution in [0.5, 0.6) is 0 Å². The number of thiophene rings is 1. The number of hydrogen-bond acceptors (Lipinski definition) is 5. The van der Waals surface area contributed by atoms with E-state index in [1.807, 2.05) is 0 Å². The zero-order valence-electron chi connectivity index (χ0n) is 16.7. The molecule has 2 aromatic rings. The summed E-state index contributed by atoms with van der Waals surface area (Å²) in [5.74, 6) is -0.773. The number of hydrogen-bond donors (Lipinski definition) is 2. The van der Waals surface area contributed by atoms with E-state index in [-0.39, 0.29) is 30.8 Å². The summed E-state index contributed by atoms with van der Waals surface area (Å²) in [6, 6.07) is 9.74. The number of piperazine rings is 1. The highest BCUT2D eigenvalue weighted by Crippen LogP contribution is 2.23. The third-order valence-corrected chi connectivity index (χ3v) is 6.01. The van der Waals surface area contributed by atoms with E-state index >= 15 is 0 Å². The van der Waals surface area contributed by atoms with Crippen molar-refractivity contribution in [3.63, 3.8) is 0 Å². The summed E-state index contributed by atoms with van der Waals surface area (Å²) in [6.45, 7) is 6.79. The fraction of sp³-hybridized carbons (Fsp3) is 0.381. The Bertz CT molecular complexity index is 874. The normalized spacial score (nSPS) is 13.9. The standard InChI is InChI=1S/C21H26N4O3S/c1-15-5-3-6-17(16(15)2)24-8-10-25(11-9-24)20(27)14-22-19(26)13-23-21(28)18-7-4-12-29-18/h3-7,12H,8-11,13-14H2,1-2H3,(H,22,26)(H,23,28). The second kappa shape index (κ2) is 9.56. The minimum atomic E-state index is -0.378. The maximum absolute atomic E-state index is 12.4. The molecule has 0 aliphatic carbocycles. The first-order chi connectivity index (χ1) is 14.0. The topological polar surface area (TPSA) is 81.8 Å². The number of benzene rings is 1. The average Bonchev–Trinajstić information content (AvgIpc) is 3.27. The third kappa shape index (κ3) is 5.35. The number of amides is 3. The van der Waals surface area contributed by atoms with Crippen molar-refractivity contribution in [2.45, 2.75) is 13.8 Å². The van der Waals surface area contributed by atoms with Crippen molar-refractivity contribution in [3.05, 3.63) is 51.7 Å². The highest BCUT2D eigenvalue weighted by molar-refractivity contribution is 7.12. The van der Waals surface area contributed by atoms with E-state index in [0.29, 0.717) is 18.0 Å². The minimum absolute atomic E-state index is 0.0584. The van der Waals surface area contributed by atoms with Gasteiger partial charge in [0.15, 0.2) is 0 Å². The van der Waals surface area contributed by atoms with Crippen LogP contribution >= 0.6 is 11.3 Å². The zero-order chi connectivity index (χ0) is 20.8. The maximum Gasteiger partial charge on any atom is 0.261 e. The molecule has 0 atom stereocenters. The molecule has 0 radical (unpaired) electrons. The fourth-order valence-electron chi connectivity index (χ4n) is 3.28. The number of rotatable bonds is 6. The molecule has 1 aliphatic rings. The molecule has 1 aromatic heterocycles. The van der Waals surface area contributed by atoms with Crippen LogP contribution in [0.3, 0.4) is 0 Å². The van der Waals surface area contributed by atoms with Crippen molar-refractivity contribution in [1.29, 1.82) is 0 Å². The highest BCUT2D eigenvalue weighted by Gasteiger charge is 2.22. The van der Waals surface area contributed by atoms with E-state index in [1.54, 1.807) is 22.4 Å². The molecule has 1 aliphatic heterocycles. The van der Waals surface area contributed by atoms with Crippen molar-refractivity contribution < 1.29 is 14.4 Å². The monoisotopic (exact) mass is 414 g/mol. The van der Waals surface area contributed by atoms with Crippen molar-refractivity contribution in [3.8, 4) is 0 Å². The van der Waals surface area contributed by atoms with Gasteiger partial charge in [0.2, 0.25) is 11.8 Å². The van der Waals surface area contributed by atoms with Crippen molar-refractivity contribution in [2.75, 3.05) is 44.2 Å². The lowest BCUT2D eigenvalue weighted by molar-refractivity contribution is -0.132. The molecule has 0 bridgehead atoms. The molecule has 3 rings (SSSR count). The molecular formula is C21H26N4O3S. The van der Waals surface area contributed by atoms with E-state index < -0.39 is 0 Å². The SMILES string of the molecule is Cc1cccc(N2CCN(C(=O)CNC(=O)CNC(=O)c3cccs3)CC2)c1C. The quantitative estimate of drug-likeness (QED) is 0.752. The van der Waals surface area contributed by atoms with Crippen molar-refractivity contribution in [2.24, 2.45) is 0 Å². The molecule has 0 unspecified atom stereocenters. The molecule has 2 N–H and O–H groups in total. The van der Waals surface area contributed by atoms with Crippen LogP contribution in [0.4, 0.5) is 5.69 Å². The molecule has 0 saturated carbocycles. The van der Waals surface area contributed by atoms with E-state index in [0.717, 1.165) is 13.1 Å². The van der Waals surface area contributed by atoms with Crippen LogP contribution in [-0.2, 0) is 9.59 Å². The molecule has 1 saturated heterocycles. The summed E-state index contributed by atoms with van der Waals surface area (Å²) in [7, 11) is 0. The van der Waals surface area contributed by atoms with Gasteiger partial charge < -0.3 is 20.4 Å². The Morgan fingerprint density at radius 1 is 0.966 bits per heavy atom. The molecule has 1 aromatic carbocycles. The van der Waals surface area contributed by atoms with Gasteiger partial charge in [0, 0.05) is 31.9 Å². The number of nitrogens with zero attached hydrogens (tertiary/aromatic N) is 2. The van der Waals surface area contributed by atoms with Gasteiger partial charge in [-0.1, -0.05) is 18.2 Å². The summed E-state index contributed by atoms with van der Waals surface area (Å²) >= 11 is 1.31. The molecule has 8 heteroatoms. The fourth-order valence-corrected chi connectivity index (χ4v) is 3.92. The predicted molar refractivity (Wildman–Crippen MR) is 114 cm³/mol. The second-order valence-corrected chi connectivity index (χ2v) is 7.97. The molecule has 7 nitrogen and oxygen atoms in total. The lowest BCUT2D eigenvalue weighted by Gasteiger charge is -2.37. The maximum atomic E-state index is 12.4. The van der Waals surface area contributed by atoms with Gasteiger partial charge >= 0.3 is 0 Å². The van der Waals surface area contributed by atoms with E-state index in [1.165, 1.54) is 28.2 Å². The molecule has 154 valence electrons. The van der Waals surface area contributed by atoms with Gasteiger partial charge in [-0.25, -0.2) is 0 Å². The van der Waals surface area contributed by atoms with Crippen LogP contribution in [0.25, 0.3) is 0 Å². The second-order valence-electron chi connectivity index (χ2n) is 7.02. The molecule has 0 spiro atoms. The molecular weight excluding hydrogens is 388 g/mol. The first-order valence-corrected chi connectivity index (χ1v) is 10.5. The Morgan fingerprint density at radius 2 is 1.72 bits per heavy atom. The van der Waals surface area contributed by atoms with Crippen molar-refractivity contribution in [1.82, 2.24) is 15.5 Å². The molecule has 3 amide bonds. The van der Waals surface area contributed by atoms with Crippen LogP contribution in [0.15, 0.2) is 35.7 Å². The average molecular weight is 415 g/mol. The third-order valence-electron chi connectivity index (χ3n) is 5.14. The number of carbonyl (C=O) groups excluding carboxylic acids is 3. The van der Waals surface area contributed by atoms with E-state index in [9.17, 15) is 14.4 Å². The number of nitrogens with one attached hydrogen (secondary N) is 2. The van der Waals surface area contributed by atoms with Gasteiger partial charge in [-0.15, -0.1) is 11.3 Å². The lowest BCUT2D eigenvalue weighted by atomic mass is 10.1. The van der Waals surface area contributed by atoms with E-state index in [2.05, 4.69) is 47.6 Å². The predicted octanol–water partition coefficient (Wildman–Crippen LogP) is 1.56. The smallest absolute Gasteiger partial charge is 0.261 e. The van der Waals surface area contributed by atoms with Gasteiger partial charge in [0.05, 0.1) is 18.0 Å². The van der Waals surface area contributed by atoms with Crippen LogP contribution in [0.2, 0.25) is 0 Å². The Balaban J connectivity index is 1.40. The first-order valence-electron chi connectivity index (χ1n) is 9.63. The minimum Gasteiger partial charge on any atom is -0.368 e. The summed E-state index contributed by atoms with van der Waals surface area (Å²) in [5.41, 5.74) is 3.74. The summed E-state index contributed by atoms with van der Waals surface area (Å²) in [6.07, 6.45) is 0. The van der Waals surface area contributed by atoms with Crippen LogP contribution in [-0.4, -0.2) is 61.9 Å². The van der Waals surface area contributed by atoms with Gasteiger partial charge in [0.25, 0.3) is 5.91 Å². The Kier molecular flexibility index (Phi) is 6.87. The summed E-state index contributed by atoms with van der Waals surface area (Å²) < 4.78 is 0. The Hall–Kier alpha value is -2.87. The van der Waals surface area contributed by atoms with Gasteiger partial charge in [0.1, 0.15) is 0 Å². The van der Waals surface area contributed by atoms with Crippen LogP contribution < -0.4 is 15.5 Å². The molecule has 29 heavy (non-hydrogen) atoms. The van der Waals surface area contributed by atoms with Crippen LogP contribution in [0, 0.1) is 13.8 Å². The van der Waals surface area contributed by atoms with Crippen molar-refractivity contribution >= 4 is 34.7 Å². The van der Waals surface area contributed by atoms with E-state index in [4.69, 9.17) is 0 Å². The van der Waals surface area contributed by atoms with Crippen LogP contribution in [0.1, 0.15) is 20.8 Å². The zero-order valence-corrected chi connectivity index (χ0v) is 17.6. The summed E-state index contributed by atoms with van der Waals surface area (Å²) in [5, 5.41) is 6.93. The number of carbonyl (C=O) groups is 3. The van der Waals surface area contributed by atoms with Gasteiger partial charge in [-0.05, 0) is 42.5 Å². The highest BCUT2D eigenvalue weighted by atomic mass is 32.1. The van der Waals surface area contributed by atoms with Gasteiger partial charge in [-0.2, -0.15) is 0 Å². The summed E-state index contributed by atoms with van der Waals surface area (Å²) in [4.78, 5) is 40.8. The lowest BCUT2D eigenvalue weighted by Crippen LogP contribution is -2.52. The Morgan fingerprint density at radius 3 is 2.41 bits per heavy atom. The first kappa shape index (κ1) is 20.9. The van der Waals surface area contributed by atoms with Gasteiger partial charge in [-0.3, -0.25) is 14.4 Å². The number of aryl methyl sites for hydroxylation is 1. The number of anilines is 1. The molecule has 2 heterocycles.